The third-order valence-corrected chi connectivity index (χ3v) is 10.7. The Morgan fingerprint density at radius 1 is 0.510 bits per heavy atom. The summed E-state index contributed by atoms with van der Waals surface area (Å²) >= 11 is 0. The van der Waals surface area contributed by atoms with Gasteiger partial charge in [-0.1, -0.05) is 92.1 Å². The van der Waals surface area contributed by atoms with Crippen molar-refractivity contribution in [2.75, 3.05) is 10.2 Å². The molecule has 6 nitrogen and oxygen atoms in total. The number of aromatic nitrogens is 4. The predicted octanol–water partition coefficient (Wildman–Crippen LogP) is 11.0. The molecule has 1 fully saturated rings. The number of rotatable bonds is 6. The molecule has 6 heteroatoms. The standard InChI is InChI=1S/C45H38N6/c1-4-16-34(17-5-1)49-40-25-13-10-22-37(40)46-43(49)31-28-32(44-47-38-23-11-14-26-41(38)50(44)35-18-6-2-7-19-35)30-33(29-31)45-48-39-24-12-15-27-42(39)51(45)36-20-8-3-9-21-36/h1-2,4-7,10-19,22-30,36,45,48H,3,8-9,20-21H2. The Balaban J connectivity index is 1.24. The molecule has 248 valence electrons. The van der Waals surface area contributed by atoms with Gasteiger partial charge in [0.25, 0.3) is 0 Å². The summed E-state index contributed by atoms with van der Waals surface area (Å²) in [4.78, 5) is 13.3. The van der Waals surface area contributed by atoms with Crippen LogP contribution in [0.5, 0.6) is 0 Å². The maximum absolute atomic E-state index is 5.34. The lowest BCUT2D eigenvalue weighted by molar-refractivity contribution is 0.403. The van der Waals surface area contributed by atoms with Crippen molar-refractivity contribution in [1.29, 1.82) is 0 Å². The van der Waals surface area contributed by atoms with Crippen LogP contribution < -0.4 is 10.2 Å². The number of anilines is 2. The largest absolute Gasteiger partial charge is 0.360 e. The fourth-order valence-electron chi connectivity index (χ4n) is 8.37. The molecule has 0 amide bonds. The zero-order valence-corrected chi connectivity index (χ0v) is 28.4. The van der Waals surface area contributed by atoms with E-state index in [1.807, 2.05) is 0 Å². The van der Waals surface area contributed by atoms with Crippen LogP contribution in [0.4, 0.5) is 11.4 Å². The molecular formula is C45H38N6. The third-order valence-electron chi connectivity index (χ3n) is 10.7. The van der Waals surface area contributed by atoms with Gasteiger partial charge in [0.05, 0.1) is 33.4 Å². The van der Waals surface area contributed by atoms with Crippen LogP contribution in [-0.2, 0) is 0 Å². The summed E-state index contributed by atoms with van der Waals surface area (Å²) in [6.45, 7) is 0. The van der Waals surface area contributed by atoms with E-state index in [0.29, 0.717) is 6.04 Å². The minimum Gasteiger partial charge on any atom is -0.360 e. The minimum absolute atomic E-state index is 0.0340. The number of imidazole rings is 2. The Morgan fingerprint density at radius 3 is 1.61 bits per heavy atom. The number of benzene rings is 6. The van der Waals surface area contributed by atoms with Crippen molar-refractivity contribution < 1.29 is 0 Å². The van der Waals surface area contributed by atoms with Gasteiger partial charge >= 0.3 is 0 Å². The van der Waals surface area contributed by atoms with Crippen molar-refractivity contribution in [2.45, 2.75) is 44.3 Å². The molecule has 2 aromatic heterocycles. The normalized spacial score (nSPS) is 16.1. The monoisotopic (exact) mass is 662 g/mol. The van der Waals surface area contributed by atoms with Gasteiger partial charge in [-0.3, -0.25) is 9.13 Å². The molecule has 1 unspecified atom stereocenters. The van der Waals surface area contributed by atoms with Crippen molar-refractivity contribution in [3.63, 3.8) is 0 Å². The molecule has 1 N–H and O–H groups in total. The molecule has 0 spiro atoms. The molecule has 1 atom stereocenters. The first-order chi connectivity index (χ1) is 25.3. The number of para-hydroxylation sites is 8. The number of hydrogen-bond donors (Lipinski definition) is 1. The van der Waals surface area contributed by atoms with Crippen LogP contribution in [0.3, 0.4) is 0 Å². The van der Waals surface area contributed by atoms with Gasteiger partial charge < -0.3 is 10.2 Å². The lowest BCUT2D eigenvalue weighted by Gasteiger charge is -2.37. The first-order valence-electron chi connectivity index (χ1n) is 18.2. The van der Waals surface area contributed by atoms with E-state index in [0.717, 1.165) is 56.2 Å². The van der Waals surface area contributed by atoms with Crippen molar-refractivity contribution in [1.82, 2.24) is 19.1 Å². The molecule has 0 saturated heterocycles. The van der Waals surface area contributed by atoms with Crippen molar-refractivity contribution in [2.24, 2.45) is 0 Å². The minimum atomic E-state index is -0.0340. The van der Waals surface area contributed by atoms with Crippen molar-refractivity contribution >= 4 is 33.4 Å². The van der Waals surface area contributed by atoms with Gasteiger partial charge in [-0.25, -0.2) is 9.97 Å². The third kappa shape index (κ3) is 5.09. The summed E-state index contributed by atoms with van der Waals surface area (Å²) in [7, 11) is 0. The zero-order chi connectivity index (χ0) is 33.7. The average molecular weight is 663 g/mol. The molecule has 0 radical (unpaired) electrons. The van der Waals surface area contributed by atoms with E-state index in [1.54, 1.807) is 0 Å². The fraction of sp³-hybridized carbons (Fsp3) is 0.156. The van der Waals surface area contributed by atoms with Gasteiger partial charge in [0, 0.05) is 28.5 Å². The summed E-state index contributed by atoms with van der Waals surface area (Å²) in [6, 6.07) is 54.4. The van der Waals surface area contributed by atoms with E-state index in [1.165, 1.54) is 49.0 Å². The molecule has 2 aliphatic rings. The molecule has 8 aromatic rings. The van der Waals surface area contributed by atoms with Gasteiger partial charge in [-0.15, -0.1) is 0 Å². The molecule has 1 aliphatic heterocycles. The van der Waals surface area contributed by atoms with Crippen LogP contribution in [0.2, 0.25) is 0 Å². The van der Waals surface area contributed by atoms with Crippen LogP contribution in [-0.4, -0.2) is 25.1 Å². The molecule has 10 rings (SSSR count). The second-order valence-corrected chi connectivity index (χ2v) is 13.8. The number of fused-ring (bicyclic) bond motifs is 3. The first kappa shape index (κ1) is 29.7. The molecule has 0 bridgehead atoms. The van der Waals surface area contributed by atoms with E-state index in [9.17, 15) is 0 Å². The first-order valence-corrected chi connectivity index (χ1v) is 18.2. The average Bonchev–Trinajstić information content (AvgIpc) is 3.91. The van der Waals surface area contributed by atoms with Crippen LogP contribution >= 0.6 is 0 Å². The molecule has 3 heterocycles. The van der Waals surface area contributed by atoms with E-state index >= 15 is 0 Å². The summed E-state index contributed by atoms with van der Waals surface area (Å²) in [5.41, 5.74) is 12.0. The Kier molecular flexibility index (Phi) is 7.19. The molecule has 1 saturated carbocycles. The SMILES string of the molecule is c1ccc(-n2c(-c3cc(-c4nc5ccccc5n4-c4ccccc4)cc(C4Nc5ccccc5N4C4CCCCC4)c3)nc3ccccc32)cc1. The van der Waals surface area contributed by atoms with Gasteiger partial charge in [-0.2, -0.15) is 0 Å². The van der Waals surface area contributed by atoms with E-state index in [4.69, 9.17) is 9.97 Å². The van der Waals surface area contributed by atoms with Gasteiger partial charge in [0.2, 0.25) is 0 Å². The summed E-state index contributed by atoms with van der Waals surface area (Å²) in [6.07, 6.45) is 6.22. The van der Waals surface area contributed by atoms with Gasteiger partial charge in [0.1, 0.15) is 17.8 Å². The summed E-state index contributed by atoms with van der Waals surface area (Å²) in [5.74, 6) is 1.82. The maximum Gasteiger partial charge on any atom is 0.145 e. The Labute approximate surface area is 297 Å². The highest BCUT2D eigenvalue weighted by Gasteiger charge is 2.36. The molecule has 51 heavy (non-hydrogen) atoms. The van der Waals surface area contributed by atoms with Crippen LogP contribution in [0.25, 0.3) is 56.2 Å². The number of nitrogens with one attached hydrogen (secondary N) is 1. The lowest BCUT2D eigenvalue weighted by atomic mass is 9.92. The van der Waals surface area contributed by atoms with Crippen LogP contribution in [0.1, 0.15) is 43.8 Å². The topological polar surface area (TPSA) is 50.9 Å². The van der Waals surface area contributed by atoms with E-state index < -0.39 is 0 Å². The van der Waals surface area contributed by atoms with Crippen molar-refractivity contribution in [3.05, 3.63) is 157 Å². The second-order valence-electron chi connectivity index (χ2n) is 13.8. The van der Waals surface area contributed by atoms with E-state index in [2.05, 4.69) is 171 Å². The Morgan fingerprint density at radius 2 is 1.02 bits per heavy atom. The summed E-state index contributed by atoms with van der Waals surface area (Å²) < 4.78 is 4.60. The highest BCUT2D eigenvalue weighted by atomic mass is 15.3. The highest BCUT2D eigenvalue weighted by molar-refractivity contribution is 5.87. The number of hydrogen-bond acceptors (Lipinski definition) is 4. The molecule has 1 aliphatic carbocycles. The van der Waals surface area contributed by atoms with Crippen LogP contribution in [0, 0.1) is 0 Å². The Hall–Kier alpha value is -6.14. The van der Waals surface area contributed by atoms with E-state index in [-0.39, 0.29) is 6.17 Å². The summed E-state index contributed by atoms with van der Waals surface area (Å²) in [5, 5.41) is 3.97. The lowest BCUT2D eigenvalue weighted by Crippen LogP contribution is -2.39. The molecule has 6 aromatic carbocycles. The fourth-order valence-corrected chi connectivity index (χ4v) is 8.37. The quantitative estimate of drug-likeness (QED) is 0.193. The Bertz CT molecular complexity index is 2370. The van der Waals surface area contributed by atoms with Crippen molar-refractivity contribution in [3.8, 4) is 34.2 Å². The maximum atomic E-state index is 5.34. The highest BCUT2D eigenvalue weighted by Crippen LogP contribution is 2.46. The van der Waals surface area contributed by atoms with Gasteiger partial charge in [-0.05, 0) is 97.3 Å². The van der Waals surface area contributed by atoms with Gasteiger partial charge in [0.15, 0.2) is 0 Å². The number of nitrogens with zero attached hydrogens (tertiary/aromatic N) is 5. The van der Waals surface area contributed by atoms with Crippen LogP contribution in [0.15, 0.2) is 152 Å². The second kappa shape index (κ2) is 12.3. The molecular weight excluding hydrogens is 625 g/mol. The predicted molar refractivity (Wildman–Crippen MR) is 209 cm³/mol. The smallest absolute Gasteiger partial charge is 0.145 e. The zero-order valence-electron chi connectivity index (χ0n) is 28.4.